The van der Waals surface area contributed by atoms with Crippen LogP contribution in [0.1, 0.15) is 17.3 Å². The van der Waals surface area contributed by atoms with Gasteiger partial charge in [0, 0.05) is 12.4 Å². The van der Waals surface area contributed by atoms with Gasteiger partial charge in [0.05, 0.1) is 23.5 Å². The first-order chi connectivity index (χ1) is 8.22. The molecule has 1 aromatic carbocycles. The predicted molar refractivity (Wildman–Crippen MR) is 63.9 cm³/mol. The highest BCUT2D eigenvalue weighted by atomic mass is 16.5. The van der Waals surface area contributed by atoms with Crippen LogP contribution >= 0.6 is 0 Å². The smallest absolute Gasteiger partial charge is 0.338 e. The molecule has 0 fully saturated rings. The number of aromatic nitrogens is 2. The molecule has 0 unspecified atom stereocenters. The average molecular weight is 231 g/mol. The molecule has 5 nitrogen and oxygen atoms in total. The second kappa shape index (κ2) is 4.69. The summed E-state index contributed by atoms with van der Waals surface area (Å²) in [6.45, 7) is 2.12. The van der Waals surface area contributed by atoms with Gasteiger partial charge in [0.1, 0.15) is 0 Å². The minimum Gasteiger partial charge on any atom is -0.462 e. The van der Waals surface area contributed by atoms with Crippen molar-refractivity contribution in [1.82, 2.24) is 9.78 Å². The van der Waals surface area contributed by atoms with E-state index in [-0.39, 0.29) is 5.97 Å². The van der Waals surface area contributed by atoms with Crippen molar-refractivity contribution in [2.24, 2.45) is 0 Å². The number of hydrogen-bond donors (Lipinski definition) is 1. The van der Waals surface area contributed by atoms with Gasteiger partial charge in [-0.3, -0.25) is 0 Å². The number of hydrogen-bond acceptors (Lipinski definition) is 4. The molecule has 0 aliphatic rings. The van der Waals surface area contributed by atoms with Crippen LogP contribution in [0.5, 0.6) is 0 Å². The van der Waals surface area contributed by atoms with Crippen molar-refractivity contribution >= 4 is 11.7 Å². The number of ether oxygens (including phenoxy) is 1. The molecular formula is C12H13N3O2. The van der Waals surface area contributed by atoms with Crippen molar-refractivity contribution in [2.75, 3.05) is 12.3 Å². The fraction of sp³-hybridized carbons (Fsp3) is 0.167. The summed E-state index contributed by atoms with van der Waals surface area (Å²) in [5.74, 6) is -0.360. The predicted octanol–water partition coefficient (Wildman–Crippen LogP) is 1.63. The Morgan fingerprint density at radius 1 is 1.53 bits per heavy atom. The van der Waals surface area contributed by atoms with Crippen molar-refractivity contribution in [3.63, 3.8) is 0 Å². The Balaban J connectivity index is 2.40. The Morgan fingerprint density at radius 3 is 3.00 bits per heavy atom. The third-order valence-corrected chi connectivity index (χ3v) is 2.29. The second-order valence-electron chi connectivity index (χ2n) is 3.44. The van der Waals surface area contributed by atoms with Crippen LogP contribution in [-0.2, 0) is 4.74 Å². The molecule has 0 aliphatic carbocycles. The normalized spacial score (nSPS) is 10.2. The maximum atomic E-state index is 11.6. The molecule has 2 N–H and O–H groups in total. The number of rotatable bonds is 3. The van der Waals surface area contributed by atoms with Gasteiger partial charge in [0.25, 0.3) is 0 Å². The van der Waals surface area contributed by atoms with E-state index in [9.17, 15) is 4.79 Å². The quantitative estimate of drug-likeness (QED) is 0.643. The van der Waals surface area contributed by atoms with Gasteiger partial charge in [-0.2, -0.15) is 5.10 Å². The van der Waals surface area contributed by atoms with E-state index in [1.165, 1.54) is 0 Å². The van der Waals surface area contributed by atoms with Crippen LogP contribution in [0, 0.1) is 0 Å². The SMILES string of the molecule is CCOC(=O)c1ccc(N)c(-n2cccn2)c1. The molecule has 0 radical (unpaired) electrons. The molecule has 0 amide bonds. The number of anilines is 1. The standard InChI is InChI=1S/C12H13N3O2/c1-2-17-12(16)9-4-5-10(13)11(8-9)15-7-3-6-14-15/h3-8H,2,13H2,1H3. The van der Waals surface area contributed by atoms with E-state index in [0.29, 0.717) is 23.5 Å². The lowest BCUT2D eigenvalue weighted by Crippen LogP contribution is -2.07. The maximum Gasteiger partial charge on any atom is 0.338 e. The van der Waals surface area contributed by atoms with E-state index < -0.39 is 0 Å². The molecule has 0 saturated heterocycles. The molecule has 17 heavy (non-hydrogen) atoms. The first-order valence-corrected chi connectivity index (χ1v) is 5.29. The third-order valence-electron chi connectivity index (χ3n) is 2.29. The zero-order valence-corrected chi connectivity index (χ0v) is 9.46. The summed E-state index contributed by atoms with van der Waals surface area (Å²) in [6, 6.07) is 6.76. The average Bonchev–Trinajstić information content (AvgIpc) is 2.83. The molecule has 0 aliphatic heterocycles. The van der Waals surface area contributed by atoms with E-state index in [1.807, 2.05) is 0 Å². The van der Waals surface area contributed by atoms with Gasteiger partial charge >= 0.3 is 5.97 Å². The van der Waals surface area contributed by atoms with E-state index in [0.717, 1.165) is 0 Å². The third kappa shape index (κ3) is 2.28. The summed E-state index contributed by atoms with van der Waals surface area (Å²) in [5.41, 5.74) is 7.53. The van der Waals surface area contributed by atoms with Gasteiger partial charge in [-0.1, -0.05) is 0 Å². The number of benzene rings is 1. The lowest BCUT2D eigenvalue weighted by atomic mass is 10.2. The Kier molecular flexibility index (Phi) is 3.09. The van der Waals surface area contributed by atoms with Gasteiger partial charge in [0.15, 0.2) is 0 Å². The van der Waals surface area contributed by atoms with Crippen molar-refractivity contribution in [1.29, 1.82) is 0 Å². The Labute approximate surface area is 98.8 Å². The van der Waals surface area contributed by atoms with Gasteiger partial charge in [-0.25, -0.2) is 9.48 Å². The molecule has 5 heteroatoms. The monoisotopic (exact) mass is 231 g/mol. The molecule has 0 atom stereocenters. The summed E-state index contributed by atoms with van der Waals surface area (Å²) in [4.78, 5) is 11.6. The summed E-state index contributed by atoms with van der Waals surface area (Å²) in [5, 5.41) is 4.08. The van der Waals surface area contributed by atoms with Gasteiger partial charge in [-0.15, -0.1) is 0 Å². The van der Waals surface area contributed by atoms with Crippen LogP contribution in [0.3, 0.4) is 0 Å². The number of carbonyl (C=O) groups is 1. The lowest BCUT2D eigenvalue weighted by Gasteiger charge is -2.08. The second-order valence-corrected chi connectivity index (χ2v) is 3.44. The van der Waals surface area contributed by atoms with Crippen LogP contribution in [0.4, 0.5) is 5.69 Å². The van der Waals surface area contributed by atoms with E-state index in [2.05, 4.69) is 5.10 Å². The number of nitrogen functional groups attached to an aromatic ring is 1. The summed E-state index contributed by atoms with van der Waals surface area (Å²) < 4.78 is 6.54. The fourth-order valence-electron chi connectivity index (χ4n) is 1.49. The zero-order chi connectivity index (χ0) is 12.3. The summed E-state index contributed by atoms with van der Waals surface area (Å²) >= 11 is 0. The maximum absolute atomic E-state index is 11.6. The first-order valence-electron chi connectivity index (χ1n) is 5.29. The molecule has 0 spiro atoms. The summed E-state index contributed by atoms with van der Waals surface area (Å²) in [7, 11) is 0. The molecule has 0 bridgehead atoms. The highest BCUT2D eigenvalue weighted by Gasteiger charge is 2.10. The topological polar surface area (TPSA) is 70.1 Å². The number of carbonyl (C=O) groups excluding carboxylic acids is 1. The van der Waals surface area contributed by atoms with E-state index in [4.69, 9.17) is 10.5 Å². The first kappa shape index (κ1) is 11.2. The Bertz CT molecular complexity index is 521. The zero-order valence-electron chi connectivity index (χ0n) is 9.46. The lowest BCUT2D eigenvalue weighted by molar-refractivity contribution is 0.0526. The Hall–Kier alpha value is -2.30. The summed E-state index contributed by atoms with van der Waals surface area (Å²) in [6.07, 6.45) is 3.41. The molecular weight excluding hydrogens is 218 g/mol. The minimum absolute atomic E-state index is 0.348. The van der Waals surface area contributed by atoms with Crippen LogP contribution < -0.4 is 5.73 Å². The van der Waals surface area contributed by atoms with Crippen molar-refractivity contribution in [2.45, 2.75) is 6.92 Å². The molecule has 88 valence electrons. The molecule has 1 aromatic heterocycles. The molecule has 1 heterocycles. The molecule has 2 rings (SSSR count). The fourth-order valence-corrected chi connectivity index (χ4v) is 1.49. The molecule has 2 aromatic rings. The van der Waals surface area contributed by atoms with Crippen molar-refractivity contribution < 1.29 is 9.53 Å². The highest BCUT2D eigenvalue weighted by molar-refractivity contribution is 5.91. The Morgan fingerprint density at radius 2 is 2.35 bits per heavy atom. The van der Waals surface area contributed by atoms with Crippen LogP contribution in [0.25, 0.3) is 5.69 Å². The van der Waals surface area contributed by atoms with Crippen LogP contribution in [-0.4, -0.2) is 22.4 Å². The number of esters is 1. The number of nitrogens with zero attached hydrogens (tertiary/aromatic N) is 2. The number of nitrogens with two attached hydrogens (primary N) is 1. The van der Waals surface area contributed by atoms with E-state index >= 15 is 0 Å². The van der Waals surface area contributed by atoms with Gasteiger partial charge in [0.2, 0.25) is 0 Å². The van der Waals surface area contributed by atoms with E-state index in [1.54, 1.807) is 48.3 Å². The van der Waals surface area contributed by atoms with Crippen molar-refractivity contribution in [3.05, 3.63) is 42.2 Å². The van der Waals surface area contributed by atoms with Crippen LogP contribution in [0.2, 0.25) is 0 Å². The largest absolute Gasteiger partial charge is 0.462 e. The minimum atomic E-state index is -0.360. The van der Waals surface area contributed by atoms with Gasteiger partial charge < -0.3 is 10.5 Å². The van der Waals surface area contributed by atoms with Gasteiger partial charge in [-0.05, 0) is 31.2 Å². The highest BCUT2D eigenvalue weighted by Crippen LogP contribution is 2.18. The molecule has 0 saturated carbocycles. The van der Waals surface area contributed by atoms with Crippen LogP contribution in [0.15, 0.2) is 36.7 Å². The van der Waals surface area contributed by atoms with Crippen molar-refractivity contribution in [3.8, 4) is 5.69 Å².